The van der Waals surface area contributed by atoms with Gasteiger partial charge in [0.25, 0.3) is 5.91 Å². The zero-order valence-electron chi connectivity index (χ0n) is 13.5. The van der Waals surface area contributed by atoms with Gasteiger partial charge in [0.15, 0.2) is 0 Å². The largest absolute Gasteiger partial charge is 0.488 e. The van der Waals surface area contributed by atoms with E-state index in [0.29, 0.717) is 16.3 Å². The summed E-state index contributed by atoms with van der Waals surface area (Å²) in [5.74, 6) is 0.494. The fraction of sp³-hybridized carbons (Fsp3) is 0.316. The van der Waals surface area contributed by atoms with Crippen molar-refractivity contribution in [2.75, 3.05) is 11.6 Å². The second-order valence-electron chi connectivity index (χ2n) is 5.82. The Labute approximate surface area is 151 Å². The van der Waals surface area contributed by atoms with Gasteiger partial charge in [0.2, 0.25) is 0 Å². The summed E-state index contributed by atoms with van der Waals surface area (Å²) in [5.41, 5.74) is 1.15. The number of hydrogen-bond donors (Lipinski definition) is 1. The van der Waals surface area contributed by atoms with Crippen molar-refractivity contribution in [2.24, 2.45) is 0 Å². The summed E-state index contributed by atoms with van der Waals surface area (Å²) in [6.07, 6.45) is 6.77. The summed E-state index contributed by atoms with van der Waals surface area (Å²) in [6, 6.07) is 13.0. The average Bonchev–Trinajstić information content (AvgIpc) is 3.10. The third-order valence-electron chi connectivity index (χ3n) is 4.15. The Kier molecular flexibility index (Phi) is 5.69. The van der Waals surface area contributed by atoms with Crippen molar-refractivity contribution in [1.82, 2.24) is 0 Å². The van der Waals surface area contributed by atoms with Gasteiger partial charge >= 0.3 is 0 Å². The van der Waals surface area contributed by atoms with Gasteiger partial charge in [-0.2, -0.15) is 0 Å². The molecule has 1 N–H and O–H groups in total. The summed E-state index contributed by atoms with van der Waals surface area (Å²) < 4.78 is 6.07. The smallest absolute Gasteiger partial charge is 0.257 e. The third-order valence-corrected chi connectivity index (χ3v) is 5.20. The van der Waals surface area contributed by atoms with Crippen LogP contribution in [0.15, 0.2) is 47.4 Å². The minimum absolute atomic E-state index is 0.224. The van der Waals surface area contributed by atoms with Gasteiger partial charge in [0, 0.05) is 4.90 Å². The quantitative estimate of drug-likeness (QED) is 0.701. The van der Waals surface area contributed by atoms with Gasteiger partial charge < -0.3 is 10.1 Å². The van der Waals surface area contributed by atoms with Crippen molar-refractivity contribution in [3.8, 4) is 5.75 Å². The first-order valence-electron chi connectivity index (χ1n) is 8.08. The number of halogens is 1. The van der Waals surface area contributed by atoms with Gasteiger partial charge in [-0.1, -0.05) is 23.7 Å². The lowest BCUT2D eigenvalue weighted by Gasteiger charge is -2.17. The molecule has 1 amide bonds. The molecule has 0 aromatic heterocycles. The SMILES string of the molecule is CSc1ccc(Cl)c(C(=O)Nc2ccccc2OC2CCCC2)c1. The molecule has 0 heterocycles. The maximum absolute atomic E-state index is 12.6. The van der Waals surface area contributed by atoms with Crippen LogP contribution in [0.25, 0.3) is 0 Å². The number of nitrogens with one attached hydrogen (secondary N) is 1. The number of carbonyl (C=O) groups is 1. The van der Waals surface area contributed by atoms with E-state index < -0.39 is 0 Å². The van der Waals surface area contributed by atoms with Crippen molar-refractivity contribution in [2.45, 2.75) is 36.7 Å². The van der Waals surface area contributed by atoms with Crippen LogP contribution >= 0.6 is 23.4 Å². The maximum Gasteiger partial charge on any atom is 0.257 e. The van der Waals surface area contributed by atoms with E-state index >= 15 is 0 Å². The molecule has 1 fully saturated rings. The van der Waals surface area contributed by atoms with Crippen molar-refractivity contribution in [1.29, 1.82) is 0 Å². The van der Waals surface area contributed by atoms with Gasteiger partial charge in [0.05, 0.1) is 22.4 Å². The first kappa shape index (κ1) is 17.2. The standard InChI is InChI=1S/C19H20ClNO2S/c1-24-14-10-11-16(20)15(12-14)19(22)21-17-8-4-5-9-18(17)23-13-6-2-3-7-13/h4-5,8-13H,2-3,6-7H2,1H3,(H,21,22). The topological polar surface area (TPSA) is 38.3 Å². The Morgan fingerprint density at radius 1 is 1.21 bits per heavy atom. The molecule has 0 spiro atoms. The van der Waals surface area contributed by atoms with Gasteiger partial charge in [-0.15, -0.1) is 11.8 Å². The Bertz CT molecular complexity index is 729. The molecule has 1 saturated carbocycles. The molecule has 0 atom stereocenters. The number of thioether (sulfide) groups is 1. The molecule has 0 unspecified atom stereocenters. The van der Waals surface area contributed by atoms with E-state index in [9.17, 15) is 4.79 Å². The van der Waals surface area contributed by atoms with Crippen LogP contribution in [0, 0.1) is 0 Å². The highest BCUT2D eigenvalue weighted by molar-refractivity contribution is 7.98. The van der Waals surface area contributed by atoms with Crippen LogP contribution < -0.4 is 10.1 Å². The molecule has 0 aliphatic heterocycles. The Balaban J connectivity index is 1.79. The normalized spacial score (nSPS) is 14.6. The summed E-state index contributed by atoms with van der Waals surface area (Å²) in [6.45, 7) is 0. The summed E-state index contributed by atoms with van der Waals surface area (Å²) in [5, 5.41) is 3.38. The van der Waals surface area contributed by atoms with Crippen molar-refractivity contribution < 1.29 is 9.53 Å². The first-order chi connectivity index (χ1) is 11.7. The fourth-order valence-corrected chi connectivity index (χ4v) is 3.50. The molecule has 24 heavy (non-hydrogen) atoms. The second kappa shape index (κ2) is 7.95. The number of benzene rings is 2. The van der Waals surface area contributed by atoms with Crippen LogP contribution in [0.2, 0.25) is 5.02 Å². The molecule has 0 radical (unpaired) electrons. The molecule has 3 nitrogen and oxygen atoms in total. The monoisotopic (exact) mass is 361 g/mol. The van der Waals surface area contributed by atoms with E-state index in [0.717, 1.165) is 23.5 Å². The highest BCUT2D eigenvalue weighted by atomic mass is 35.5. The molecule has 0 saturated heterocycles. The van der Waals surface area contributed by atoms with Crippen LogP contribution in [-0.4, -0.2) is 18.3 Å². The zero-order chi connectivity index (χ0) is 16.9. The summed E-state index contributed by atoms with van der Waals surface area (Å²) in [7, 11) is 0. The van der Waals surface area contributed by atoms with E-state index in [1.54, 1.807) is 17.8 Å². The Morgan fingerprint density at radius 3 is 2.71 bits per heavy atom. The zero-order valence-corrected chi connectivity index (χ0v) is 15.1. The lowest BCUT2D eigenvalue weighted by atomic mass is 10.2. The van der Waals surface area contributed by atoms with Gasteiger partial charge in [-0.25, -0.2) is 0 Å². The molecular formula is C19H20ClNO2S. The predicted octanol–water partition coefficient (Wildman–Crippen LogP) is 5.64. The van der Waals surface area contributed by atoms with Gasteiger partial charge in [-0.05, 0) is 62.3 Å². The number of para-hydroxylation sites is 2. The second-order valence-corrected chi connectivity index (χ2v) is 7.11. The summed E-state index contributed by atoms with van der Waals surface area (Å²) >= 11 is 7.77. The molecule has 0 bridgehead atoms. The van der Waals surface area contributed by atoms with Crippen LogP contribution in [0.5, 0.6) is 5.75 Å². The number of anilines is 1. The van der Waals surface area contributed by atoms with E-state index in [1.807, 2.05) is 42.7 Å². The van der Waals surface area contributed by atoms with Crippen LogP contribution in [0.3, 0.4) is 0 Å². The molecule has 126 valence electrons. The molecule has 1 aliphatic carbocycles. The highest BCUT2D eigenvalue weighted by Crippen LogP contribution is 2.31. The molecular weight excluding hydrogens is 342 g/mol. The van der Waals surface area contributed by atoms with Crippen molar-refractivity contribution >= 4 is 35.0 Å². The van der Waals surface area contributed by atoms with Crippen LogP contribution in [-0.2, 0) is 0 Å². The average molecular weight is 362 g/mol. The minimum Gasteiger partial charge on any atom is -0.488 e. The molecule has 3 rings (SSSR count). The van der Waals surface area contributed by atoms with E-state index in [4.69, 9.17) is 16.3 Å². The third kappa shape index (κ3) is 4.05. The lowest BCUT2D eigenvalue weighted by molar-refractivity contribution is 0.102. The maximum atomic E-state index is 12.6. The number of rotatable bonds is 5. The Morgan fingerprint density at radius 2 is 1.96 bits per heavy atom. The van der Waals surface area contributed by atoms with Crippen molar-refractivity contribution in [3.05, 3.63) is 53.1 Å². The van der Waals surface area contributed by atoms with E-state index in [2.05, 4.69) is 5.32 Å². The number of ether oxygens (including phenoxy) is 1. The molecule has 2 aromatic rings. The number of hydrogen-bond acceptors (Lipinski definition) is 3. The summed E-state index contributed by atoms with van der Waals surface area (Å²) in [4.78, 5) is 13.6. The minimum atomic E-state index is -0.224. The van der Waals surface area contributed by atoms with E-state index in [1.165, 1.54) is 12.8 Å². The number of carbonyl (C=O) groups excluding carboxylic acids is 1. The van der Waals surface area contributed by atoms with Gasteiger partial charge in [-0.3, -0.25) is 4.79 Å². The fourth-order valence-electron chi connectivity index (χ4n) is 2.85. The predicted molar refractivity (Wildman–Crippen MR) is 101 cm³/mol. The van der Waals surface area contributed by atoms with E-state index in [-0.39, 0.29) is 12.0 Å². The van der Waals surface area contributed by atoms with Crippen molar-refractivity contribution in [3.63, 3.8) is 0 Å². The van der Waals surface area contributed by atoms with Gasteiger partial charge in [0.1, 0.15) is 5.75 Å². The van der Waals surface area contributed by atoms with Crippen LogP contribution in [0.1, 0.15) is 36.0 Å². The highest BCUT2D eigenvalue weighted by Gasteiger charge is 2.19. The number of amides is 1. The molecule has 1 aliphatic rings. The Hall–Kier alpha value is -1.65. The van der Waals surface area contributed by atoms with Crippen LogP contribution in [0.4, 0.5) is 5.69 Å². The first-order valence-corrected chi connectivity index (χ1v) is 9.68. The molecule has 2 aromatic carbocycles. The lowest BCUT2D eigenvalue weighted by Crippen LogP contribution is -2.16. The molecule has 5 heteroatoms.